The molecule has 0 amide bonds. The second kappa shape index (κ2) is 6.21. The minimum absolute atomic E-state index is 0.0525. The van der Waals surface area contributed by atoms with E-state index in [-0.39, 0.29) is 19.2 Å². The number of aliphatic hydroxyl groups is 1. The Morgan fingerprint density at radius 3 is 2.42 bits per heavy atom. The molecule has 0 aromatic heterocycles. The molecule has 2 rings (SSSR count). The molecule has 0 heterocycles. The quantitative estimate of drug-likeness (QED) is 0.803. The van der Waals surface area contributed by atoms with E-state index in [0.29, 0.717) is 6.54 Å². The molecule has 1 aromatic carbocycles. The number of aliphatic hydroxyl groups excluding tert-OH is 1. The number of carbonyl (C=O) groups excluding carboxylic acids is 1. The number of hydrogen-bond donors (Lipinski definition) is 1. The molecule has 19 heavy (non-hydrogen) atoms. The van der Waals surface area contributed by atoms with Gasteiger partial charge in [0.15, 0.2) is 5.78 Å². The minimum atomic E-state index is -0.831. The largest absolute Gasteiger partial charge is 0.395 e. The summed E-state index contributed by atoms with van der Waals surface area (Å²) in [6, 6.07) is 3.64. The summed E-state index contributed by atoms with van der Waals surface area (Å²) in [5.74, 6) is -2.24. The highest BCUT2D eigenvalue weighted by atomic mass is 19.1. The molecule has 5 heteroatoms. The predicted molar refractivity (Wildman–Crippen MR) is 67.0 cm³/mol. The van der Waals surface area contributed by atoms with Crippen molar-refractivity contribution in [3.05, 3.63) is 35.4 Å². The van der Waals surface area contributed by atoms with Gasteiger partial charge in [-0.2, -0.15) is 0 Å². The van der Waals surface area contributed by atoms with E-state index in [0.717, 1.165) is 31.4 Å². The van der Waals surface area contributed by atoms with Gasteiger partial charge >= 0.3 is 0 Å². The molecule has 1 fully saturated rings. The van der Waals surface area contributed by atoms with Crippen molar-refractivity contribution in [3.63, 3.8) is 0 Å². The Bertz CT molecular complexity index is 441. The fourth-order valence-corrected chi connectivity index (χ4v) is 2.30. The van der Waals surface area contributed by atoms with E-state index in [4.69, 9.17) is 5.11 Å². The average molecular weight is 269 g/mol. The van der Waals surface area contributed by atoms with E-state index in [1.807, 2.05) is 0 Å². The number of hydrogen-bond acceptors (Lipinski definition) is 3. The second-order valence-electron chi connectivity index (χ2n) is 4.80. The topological polar surface area (TPSA) is 40.5 Å². The predicted octanol–water partition coefficient (Wildman–Crippen LogP) is 1.99. The highest BCUT2D eigenvalue weighted by Gasteiger charge is 2.28. The van der Waals surface area contributed by atoms with Gasteiger partial charge in [0.2, 0.25) is 0 Å². The monoisotopic (exact) mass is 269 g/mol. The zero-order valence-electron chi connectivity index (χ0n) is 10.6. The molecule has 0 unspecified atom stereocenters. The van der Waals surface area contributed by atoms with Gasteiger partial charge in [-0.25, -0.2) is 8.78 Å². The Balaban J connectivity index is 2.10. The van der Waals surface area contributed by atoms with Crippen LogP contribution in [0.4, 0.5) is 8.78 Å². The van der Waals surface area contributed by atoms with Gasteiger partial charge in [0, 0.05) is 12.6 Å². The highest BCUT2D eigenvalue weighted by Crippen LogP contribution is 2.25. The van der Waals surface area contributed by atoms with Crippen LogP contribution in [0.25, 0.3) is 0 Å². The third-order valence-corrected chi connectivity index (χ3v) is 3.57. The number of ketones is 1. The van der Waals surface area contributed by atoms with Gasteiger partial charge in [0.25, 0.3) is 0 Å². The Morgan fingerprint density at radius 1 is 1.32 bits per heavy atom. The highest BCUT2D eigenvalue weighted by molar-refractivity contribution is 5.98. The zero-order chi connectivity index (χ0) is 13.8. The third kappa shape index (κ3) is 3.16. The molecule has 0 bridgehead atoms. The van der Waals surface area contributed by atoms with E-state index in [9.17, 15) is 13.6 Å². The molecule has 1 aliphatic rings. The van der Waals surface area contributed by atoms with Crippen LogP contribution in [-0.4, -0.2) is 41.5 Å². The normalized spacial score (nSPS) is 15.6. The van der Waals surface area contributed by atoms with Crippen LogP contribution in [0.1, 0.15) is 29.6 Å². The van der Waals surface area contributed by atoms with Crippen LogP contribution in [0.3, 0.4) is 0 Å². The first kappa shape index (κ1) is 14.1. The van der Waals surface area contributed by atoms with Crippen LogP contribution < -0.4 is 0 Å². The smallest absolute Gasteiger partial charge is 0.182 e. The molecular weight excluding hydrogens is 252 g/mol. The van der Waals surface area contributed by atoms with Crippen molar-refractivity contribution in [1.82, 2.24) is 4.90 Å². The molecule has 104 valence electrons. The fraction of sp³-hybridized carbons (Fsp3) is 0.500. The maximum atomic E-state index is 13.5. The van der Waals surface area contributed by atoms with E-state index >= 15 is 0 Å². The summed E-state index contributed by atoms with van der Waals surface area (Å²) in [6.07, 6.45) is 3.02. The number of rotatable bonds is 6. The van der Waals surface area contributed by atoms with Crippen LogP contribution in [0.2, 0.25) is 0 Å². The van der Waals surface area contributed by atoms with E-state index < -0.39 is 23.0 Å². The molecule has 1 aliphatic carbocycles. The Kier molecular flexibility index (Phi) is 4.61. The van der Waals surface area contributed by atoms with E-state index in [1.165, 1.54) is 6.07 Å². The van der Waals surface area contributed by atoms with Gasteiger partial charge < -0.3 is 5.11 Å². The van der Waals surface area contributed by atoms with Gasteiger partial charge in [0.05, 0.1) is 18.7 Å². The van der Waals surface area contributed by atoms with Crippen molar-refractivity contribution < 1.29 is 18.7 Å². The van der Waals surface area contributed by atoms with Crippen molar-refractivity contribution >= 4 is 5.78 Å². The summed E-state index contributed by atoms with van der Waals surface area (Å²) < 4.78 is 27.0. The van der Waals surface area contributed by atoms with Gasteiger partial charge in [0.1, 0.15) is 11.6 Å². The van der Waals surface area contributed by atoms with Crippen LogP contribution in [-0.2, 0) is 0 Å². The molecule has 0 radical (unpaired) electrons. The van der Waals surface area contributed by atoms with Crippen LogP contribution in [0, 0.1) is 11.6 Å². The molecule has 0 aliphatic heterocycles. The van der Waals surface area contributed by atoms with Crippen molar-refractivity contribution in [2.24, 2.45) is 0 Å². The molecule has 1 N–H and O–H groups in total. The Hall–Kier alpha value is -1.33. The Morgan fingerprint density at radius 2 is 1.95 bits per heavy atom. The lowest BCUT2D eigenvalue weighted by Gasteiger charge is -2.36. The number of halogens is 2. The van der Waals surface area contributed by atoms with Gasteiger partial charge in [-0.1, -0.05) is 12.5 Å². The third-order valence-electron chi connectivity index (χ3n) is 3.57. The van der Waals surface area contributed by atoms with Crippen molar-refractivity contribution in [2.45, 2.75) is 25.3 Å². The zero-order valence-corrected chi connectivity index (χ0v) is 10.6. The summed E-state index contributed by atoms with van der Waals surface area (Å²) in [6.45, 7) is 0.235. The summed E-state index contributed by atoms with van der Waals surface area (Å²) in [5, 5.41) is 9.00. The van der Waals surface area contributed by atoms with E-state index in [1.54, 1.807) is 4.90 Å². The summed E-state index contributed by atoms with van der Waals surface area (Å²) in [5.41, 5.74) is -0.482. The molecule has 0 spiro atoms. The lowest BCUT2D eigenvalue weighted by molar-refractivity contribution is 0.0740. The molecule has 0 saturated heterocycles. The minimum Gasteiger partial charge on any atom is -0.395 e. The van der Waals surface area contributed by atoms with Crippen molar-refractivity contribution in [2.75, 3.05) is 19.7 Å². The van der Waals surface area contributed by atoms with Gasteiger partial charge in [-0.15, -0.1) is 0 Å². The standard InChI is InChI=1S/C14H17F2NO2/c15-11-5-2-6-12(16)14(11)13(19)9-17(7-8-18)10-3-1-4-10/h2,5-6,10,18H,1,3-4,7-9H2. The number of nitrogens with zero attached hydrogens (tertiary/aromatic N) is 1. The lowest BCUT2D eigenvalue weighted by Crippen LogP contribution is -2.44. The summed E-state index contributed by atoms with van der Waals surface area (Å²) in [7, 11) is 0. The number of Topliss-reactive ketones (excluding diaryl/α,β-unsaturated/α-hetero) is 1. The maximum absolute atomic E-state index is 13.5. The summed E-state index contributed by atoms with van der Waals surface area (Å²) >= 11 is 0. The number of benzene rings is 1. The van der Waals surface area contributed by atoms with Crippen molar-refractivity contribution in [1.29, 1.82) is 0 Å². The lowest BCUT2D eigenvalue weighted by atomic mass is 9.91. The summed E-state index contributed by atoms with van der Waals surface area (Å²) in [4.78, 5) is 13.8. The SMILES string of the molecule is O=C(CN(CCO)C1CCC1)c1c(F)cccc1F. The van der Waals surface area contributed by atoms with Crippen LogP contribution in [0.5, 0.6) is 0 Å². The van der Waals surface area contributed by atoms with E-state index in [2.05, 4.69) is 0 Å². The first-order chi connectivity index (χ1) is 9.13. The molecule has 3 nitrogen and oxygen atoms in total. The molecule has 0 atom stereocenters. The molecule has 1 aromatic rings. The molecule has 1 saturated carbocycles. The second-order valence-corrected chi connectivity index (χ2v) is 4.80. The molecular formula is C14H17F2NO2. The van der Waals surface area contributed by atoms with Crippen molar-refractivity contribution in [3.8, 4) is 0 Å². The first-order valence-corrected chi connectivity index (χ1v) is 6.45. The van der Waals surface area contributed by atoms with Gasteiger partial charge in [-0.05, 0) is 25.0 Å². The average Bonchev–Trinajstić information content (AvgIpc) is 2.26. The van der Waals surface area contributed by atoms with Gasteiger partial charge in [-0.3, -0.25) is 9.69 Å². The maximum Gasteiger partial charge on any atom is 0.182 e. The van der Waals surface area contributed by atoms with Crippen LogP contribution >= 0.6 is 0 Å². The fourth-order valence-electron chi connectivity index (χ4n) is 2.30. The Labute approximate surface area is 110 Å². The first-order valence-electron chi connectivity index (χ1n) is 6.45. The van der Waals surface area contributed by atoms with Crippen LogP contribution in [0.15, 0.2) is 18.2 Å². The number of carbonyl (C=O) groups is 1.